The Balaban J connectivity index is 2.09. The van der Waals surface area contributed by atoms with Gasteiger partial charge >= 0.3 is 0 Å². The van der Waals surface area contributed by atoms with E-state index in [4.69, 9.17) is 11.6 Å². The van der Waals surface area contributed by atoms with E-state index in [2.05, 4.69) is 11.6 Å². The number of rotatable bonds is 4. The lowest BCUT2D eigenvalue weighted by molar-refractivity contribution is 0.581. The van der Waals surface area contributed by atoms with Crippen LogP contribution in [0.15, 0.2) is 53.4 Å². The molecule has 2 aromatic rings. The molecule has 0 spiro atoms. The van der Waals surface area contributed by atoms with E-state index >= 15 is 0 Å². The van der Waals surface area contributed by atoms with Crippen LogP contribution in [0.3, 0.4) is 0 Å². The van der Waals surface area contributed by atoms with Crippen molar-refractivity contribution in [1.82, 2.24) is 4.72 Å². The van der Waals surface area contributed by atoms with Crippen LogP contribution in [0.5, 0.6) is 0 Å². The minimum atomic E-state index is -3.50. The summed E-state index contributed by atoms with van der Waals surface area (Å²) in [5.74, 6) is 0. The van der Waals surface area contributed by atoms with Crippen LogP contribution in [-0.2, 0) is 16.6 Å². The van der Waals surface area contributed by atoms with Crippen LogP contribution in [0.2, 0.25) is 5.02 Å². The number of halogens is 1. The molecule has 0 aliphatic rings. The maximum Gasteiger partial charge on any atom is 0.240 e. The maximum atomic E-state index is 12.0. The molecular weight excluding hydrogens is 282 g/mol. The van der Waals surface area contributed by atoms with Gasteiger partial charge in [0.1, 0.15) is 0 Å². The van der Waals surface area contributed by atoms with Gasteiger partial charge in [0.2, 0.25) is 10.0 Å². The summed E-state index contributed by atoms with van der Waals surface area (Å²) in [4.78, 5) is 0.230. The largest absolute Gasteiger partial charge is 0.240 e. The number of benzene rings is 2. The Kier molecular flexibility index (Phi) is 4.24. The van der Waals surface area contributed by atoms with Gasteiger partial charge in [-0.1, -0.05) is 35.9 Å². The first-order valence-electron chi connectivity index (χ1n) is 5.63. The molecule has 0 saturated heterocycles. The summed E-state index contributed by atoms with van der Waals surface area (Å²) in [6, 6.07) is 13.4. The average molecular weight is 295 g/mol. The third-order valence-corrected chi connectivity index (χ3v) is 4.28. The summed E-state index contributed by atoms with van der Waals surface area (Å²) < 4.78 is 26.6. The second-order valence-electron chi connectivity index (χ2n) is 4.09. The molecule has 2 rings (SSSR count). The molecule has 0 aromatic heterocycles. The zero-order valence-electron chi connectivity index (χ0n) is 10.1. The molecule has 0 fully saturated rings. The number of sulfonamides is 1. The fraction of sp³-hybridized carbons (Fsp3) is 0.0714. The number of hydrogen-bond acceptors (Lipinski definition) is 2. The molecule has 0 unspecified atom stereocenters. The van der Waals surface area contributed by atoms with Crippen molar-refractivity contribution in [3.63, 3.8) is 0 Å². The van der Waals surface area contributed by atoms with Gasteiger partial charge < -0.3 is 0 Å². The molecule has 5 heteroatoms. The van der Waals surface area contributed by atoms with E-state index in [-0.39, 0.29) is 11.4 Å². The molecule has 99 valence electrons. The molecule has 0 saturated carbocycles. The third-order valence-electron chi connectivity index (χ3n) is 2.61. The second-order valence-corrected chi connectivity index (χ2v) is 6.30. The normalized spacial score (nSPS) is 11.5. The Bertz CT molecular complexity index is 649. The van der Waals surface area contributed by atoms with Gasteiger partial charge in [0, 0.05) is 11.6 Å². The molecule has 0 amide bonds. The van der Waals surface area contributed by atoms with Crippen molar-refractivity contribution in [2.75, 3.05) is 0 Å². The van der Waals surface area contributed by atoms with E-state index in [9.17, 15) is 8.42 Å². The van der Waals surface area contributed by atoms with Crippen LogP contribution < -0.4 is 4.72 Å². The number of hydrogen-bond donors (Lipinski definition) is 1. The molecule has 0 bridgehead atoms. The zero-order valence-corrected chi connectivity index (χ0v) is 11.7. The highest BCUT2D eigenvalue weighted by Crippen LogP contribution is 2.12. The molecule has 1 radical (unpaired) electrons. The number of nitrogens with one attached hydrogen (secondary N) is 1. The molecule has 2 aromatic carbocycles. The fourth-order valence-corrected chi connectivity index (χ4v) is 2.68. The van der Waals surface area contributed by atoms with E-state index in [1.54, 1.807) is 36.4 Å². The van der Waals surface area contributed by atoms with Crippen molar-refractivity contribution in [1.29, 1.82) is 0 Å². The molecule has 0 aliphatic heterocycles. The molecule has 19 heavy (non-hydrogen) atoms. The van der Waals surface area contributed by atoms with Crippen LogP contribution in [0.4, 0.5) is 0 Å². The minimum absolute atomic E-state index is 0.228. The Hall–Kier alpha value is -1.36. The van der Waals surface area contributed by atoms with Gasteiger partial charge in [-0.05, 0) is 42.3 Å². The molecule has 0 atom stereocenters. The first-order valence-corrected chi connectivity index (χ1v) is 7.50. The summed E-state index contributed by atoms with van der Waals surface area (Å²) in [7, 11) is -3.50. The van der Waals surface area contributed by atoms with Gasteiger partial charge in [0.25, 0.3) is 0 Å². The van der Waals surface area contributed by atoms with Crippen LogP contribution in [0.25, 0.3) is 0 Å². The molecule has 1 N–H and O–H groups in total. The van der Waals surface area contributed by atoms with E-state index in [0.717, 1.165) is 11.1 Å². The smallest absolute Gasteiger partial charge is 0.207 e. The van der Waals surface area contributed by atoms with Gasteiger partial charge in [-0.15, -0.1) is 0 Å². The molecular formula is C14H13ClNO2S. The average Bonchev–Trinajstić information content (AvgIpc) is 2.39. The van der Waals surface area contributed by atoms with Crippen molar-refractivity contribution in [3.05, 3.63) is 71.6 Å². The predicted octanol–water partition coefficient (Wildman–Crippen LogP) is 3.00. The van der Waals surface area contributed by atoms with Crippen molar-refractivity contribution < 1.29 is 8.42 Å². The highest BCUT2D eigenvalue weighted by atomic mass is 35.5. The Morgan fingerprint density at radius 1 is 1.00 bits per heavy atom. The van der Waals surface area contributed by atoms with Crippen molar-refractivity contribution in [3.8, 4) is 0 Å². The Labute approximate surface area is 118 Å². The van der Waals surface area contributed by atoms with E-state index in [0.29, 0.717) is 5.02 Å². The standard InChI is InChI=1S/C14H13ClNO2S/c1-11-2-8-14(9-3-11)19(17,18)16-10-12-4-6-13(15)7-5-12/h2-9,16H,1,10H2. The van der Waals surface area contributed by atoms with Gasteiger partial charge in [-0.25, -0.2) is 13.1 Å². The van der Waals surface area contributed by atoms with E-state index < -0.39 is 10.0 Å². The van der Waals surface area contributed by atoms with Gasteiger partial charge in [0.15, 0.2) is 0 Å². The Morgan fingerprint density at radius 3 is 2.16 bits per heavy atom. The van der Waals surface area contributed by atoms with Gasteiger partial charge in [0.05, 0.1) is 4.90 Å². The summed E-state index contributed by atoms with van der Waals surface area (Å²) >= 11 is 5.77. The first-order chi connectivity index (χ1) is 8.97. The maximum absolute atomic E-state index is 12.0. The molecule has 0 aliphatic carbocycles. The minimum Gasteiger partial charge on any atom is -0.207 e. The van der Waals surface area contributed by atoms with Crippen LogP contribution in [0, 0.1) is 6.92 Å². The van der Waals surface area contributed by atoms with Gasteiger partial charge in [-0.3, -0.25) is 0 Å². The quantitative estimate of drug-likeness (QED) is 0.942. The topological polar surface area (TPSA) is 46.2 Å². The lowest BCUT2D eigenvalue weighted by Crippen LogP contribution is -2.23. The molecule has 0 heterocycles. The van der Waals surface area contributed by atoms with Crippen molar-refractivity contribution in [2.24, 2.45) is 0 Å². The summed E-state index contributed by atoms with van der Waals surface area (Å²) in [5.41, 5.74) is 1.62. The Morgan fingerprint density at radius 2 is 1.58 bits per heavy atom. The summed E-state index contributed by atoms with van der Waals surface area (Å²) in [5, 5.41) is 0.623. The highest BCUT2D eigenvalue weighted by Gasteiger charge is 2.12. The highest BCUT2D eigenvalue weighted by molar-refractivity contribution is 7.89. The lowest BCUT2D eigenvalue weighted by Gasteiger charge is -2.07. The fourth-order valence-electron chi connectivity index (χ4n) is 1.53. The van der Waals surface area contributed by atoms with Crippen molar-refractivity contribution in [2.45, 2.75) is 11.4 Å². The summed E-state index contributed by atoms with van der Waals surface area (Å²) in [6.45, 7) is 3.95. The van der Waals surface area contributed by atoms with Crippen LogP contribution >= 0.6 is 11.6 Å². The summed E-state index contributed by atoms with van der Waals surface area (Å²) in [6.07, 6.45) is 0. The van der Waals surface area contributed by atoms with Gasteiger partial charge in [-0.2, -0.15) is 0 Å². The lowest BCUT2D eigenvalue weighted by atomic mass is 10.2. The van der Waals surface area contributed by atoms with Crippen LogP contribution in [-0.4, -0.2) is 8.42 Å². The third kappa shape index (κ3) is 3.80. The molecule has 3 nitrogen and oxygen atoms in total. The van der Waals surface area contributed by atoms with Crippen LogP contribution in [0.1, 0.15) is 11.1 Å². The van der Waals surface area contributed by atoms with Crippen molar-refractivity contribution >= 4 is 21.6 Å². The first kappa shape index (κ1) is 14.1. The predicted molar refractivity (Wildman–Crippen MR) is 76.4 cm³/mol. The van der Waals surface area contributed by atoms with E-state index in [1.807, 2.05) is 0 Å². The van der Waals surface area contributed by atoms with E-state index in [1.165, 1.54) is 12.1 Å². The monoisotopic (exact) mass is 294 g/mol. The SMILES string of the molecule is [CH2]c1ccc(S(=O)(=O)NCc2ccc(Cl)cc2)cc1. The zero-order chi connectivity index (χ0) is 13.9. The second kappa shape index (κ2) is 5.74.